The molecule has 2 N–H and O–H groups in total. The van der Waals surface area contributed by atoms with Gasteiger partial charge in [0, 0.05) is 34.9 Å². The van der Waals surface area contributed by atoms with Crippen molar-refractivity contribution in [2.75, 3.05) is 5.73 Å². The average molecular weight is 292 g/mol. The van der Waals surface area contributed by atoms with Gasteiger partial charge in [0.05, 0.1) is 5.52 Å². The van der Waals surface area contributed by atoms with Gasteiger partial charge in [-0.15, -0.1) is 0 Å². The summed E-state index contributed by atoms with van der Waals surface area (Å²) in [6.45, 7) is 2.00. The molecule has 1 aliphatic carbocycles. The summed E-state index contributed by atoms with van der Waals surface area (Å²) in [5.74, 6) is 0.738. The lowest BCUT2D eigenvalue weighted by atomic mass is 9.94. The molecule has 0 radical (unpaired) electrons. The zero-order chi connectivity index (χ0) is 15.3. The van der Waals surface area contributed by atoms with E-state index in [4.69, 9.17) is 5.73 Å². The highest BCUT2D eigenvalue weighted by Crippen LogP contribution is 2.29. The first-order valence-corrected chi connectivity index (χ1v) is 7.40. The van der Waals surface area contributed by atoms with E-state index in [1.807, 2.05) is 31.3 Å². The molecule has 0 amide bonds. The lowest BCUT2D eigenvalue weighted by Gasteiger charge is -2.15. The summed E-state index contributed by atoms with van der Waals surface area (Å²) < 4.78 is 2.11. The number of aryl methyl sites for hydroxylation is 1. The first-order chi connectivity index (χ1) is 10.6. The molecule has 0 unspecified atom stereocenters. The van der Waals surface area contributed by atoms with Gasteiger partial charge in [-0.2, -0.15) is 0 Å². The molecule has 4 rings (SSSR count). The predicted octanol–water partition coefficient (Wildman–Crippen LogP) is 2.83. The van der Waals surface area contributed by atoms with Crippen LogP contribution in [0.5, 0.6) is 0 Å². The number of carbonyl (C=O) groups excluding carboxylic acids is 1. The maximum absolute atomic E-state index is 12.2. The zero-order valence-electron chi connectivity index (χ0n) is 12.3. The van der Waals surface area contributed by atoms with Crippen LogP contribution in [0.1, 0.15) is 34.5 Å². The molecule has 0 saturated heterocycles. The average Bonchev–Trinajstić information content (AvgIpc) is 2.86. The van der Waals surface area contributed by atoms with E-state index in [-0.39, 0.29) is 5.78 Å². The first-order valence-electron chi connectivity index (χ1n) is 7.40. The van der Waals surface area contributed by atoms with Crippen LogP contribution in [0.25, 0.3) is 16.6 Å². The summed E-state index contributed by atoms with van der Waals surface area (Å²) in [4.78, 5) is 20.5. The van der Waals surface area contributed by atoms with Crippen LogP contribution in [0.3, 0.4) is 0 Å². The molecule has 5 heteroatoms. The first kappa shape index (κ1) is 13.0. The van der Waals surface area contributed by atoms with Crippen molar-refractivity contribution >= 4 is 22.5 Å². The minimum atomic E-state index is 0.254. The van der Waals surface area contributed by atoms with E-state index in [0.29, 0.717) is 12.2 Å². The fourth-order valence-electron chi connectivity index (χ4n) is 3.30. The maximum Gasteiger partial charge on any atom is 0.164 e. The van der Waals surface area contributed by atoms with E-state index in [0.717, 1.165) is 46.3 Å². The molecule has 3 aromatic rings. The van der Waals surface area contributed by atoms with E-state index in [1.165, 1.54) is 6.33 Å². The molecule has 0 saturated carbocycles. The van der Waals surface area contributed by atoms with Gasteiger partial charge in [0.25, 0.3) is 0 Å². The SMILES string of the molecule is Cc1cn(-c2ccc3c(N)ncnc3c2)c2c1C(=O)CCC2. The number of nitrogens with zero attached hydrogens (tertiary/aromatic N) is 3. The highest BCUT2D eigenvalue weighted by atomic mass is 16.1. The van der Waals surface area contributed by atoms with Crippen molar-refractivity contribution in [3.63, 3.8) is 0 Å². The van der Waals surface area contributed by atoms with Crippen LogP contribution in [-0.4, -0.2) is 20.3 Å². The largest absolute Gasteiger partial charge is 0.383 e. The van der Waals surface area contributed by atoms with E-state index >= 15 is 0 Å². The number of benzene rings is 1. The van der Waals surface area contributed by atoms with E-state index in [1.54, 1.807) is 0 Å². The van der Waals surface area contributed by atoms with Crippen molar-refractivity contribution in [3.05, 3.63) is 47.5 Å². The Morgan fingerprint density at radius 1 is 1.23 bits per heavy atom. The number of hydrogen-bond acceptors (Lipinski definition) is 4. The Hall–Kier alpha value is -2.69. The van der Waals surface area contributed by atoms with Gasteiger partial charge >= 0.3 is 0 Å². The zero-order valence-corrected chi connectivity index (χ0v) is 12.3. The van der Waals surface area contributed by atoms with Gasteiger partial charge in [0.1, 0.15) is 12.1 Å². The molecule has 5 nitrogen and oxygen atoms in total. The molecule has 0 fully saturated rings. The third kappa shape index (κ3) is 1.82. The third-order valence-electron chi connectivity index (χ3n) is 4.32. The Balaban J connectivity index is 1.93. The summed E-state index contributed by atoms with van der Waals surface area (Å²) in [6.07, 6.45) is 6.01. The van der Waals surface area contributed by atoms with Gasteiger partial charge in [-0.1, -0.05) is 0 Å². The second-order valence-electron chi connectivity index (χ2n) is 5.74. The minimum Gasteiger partial charge on any atom is -0.383 e. The van der Waals surface area contributed by atoms with Crippen LogP contribution in [-0.2, 0) is 6.42 Å². The number of carbonyl (C=O) groups is 1. The molecule has 2 aromatic heterocycles. The second kappa shape index (κ2) is 4.66. The molecule has 0 bridgehead atoms. The fraction of sp³-hybridized carbons (Fsp3) is 0.235. The quantitative estimate of drug-likeness (QED) is 0.748. The van der Waals surface area contributed by atoms with Crippen molar-refractivity contribution in [2.45, 2.75) is 26.2 Å². The molecule has 110 valence electrons. The summed E-state index contributed by atoms with van der Waals surface area (Å²) in [7, 11) is 0. The van der Waals surface area contributed by atoms with Gasteiger partial charge in [0.2, 0.25) is 0 Å². The molecule has 1 aliphatic rings. The van der Waals surface area contributed by atoms with Crippen LogP contribution < -0.4 is 5.73 Å². The van der Waals surface area contributed by atoms with Gasteiger partial charge in [-0.25, -0.2) is 9.97 Å². The van der Waals surface area contributed by atoms with Crippen LogP contribution >= 0.6 is 0 Å². The van der Waals surface area contributed by atoms with E-state index < -0.39 is 0 Å². The van der Waals surface area contributed by atoms with Crippen molar-refractivity contribution in [1.29, 1.82) is 0 Å². The lowest BCUT2D eigenvalue weighted by molar-refractivity contribution is 0.0971. The molecule has 0 aliphatic heterocycles. The number of nitrogens with two attached hydrogens (primary N) is 1. The van der Waals surface area contributed by atoms with E-state index in [2.05, 4.69) is 14.5 Å². The molecule has 0 atom stereocenters. The summed E-state index contributed by atoms with van der Waals surface area (Å²) in [6, 6.07) is 5.93. The number of nitrogen functional groups attached to an aromatic ring is 1. The lowest BCUT2D eigenvalue weighted by Crippen LogP contribution is -2.13. The predicted molar refractivity (Wildman–Crippen MR) is 85.3 cm³/mol. The smallest absolute Gasteiger partial charge is 0.164 e. The summed E-state index contributed by atoms with van der Waals surface area (Å²) in [5, 5.41) is 0.847. The number of rotatable bonds is 1. The molecule has 1 aromatic carbocycles. The molecule has 22 heavy (non-hydrogen) atoms. The van der Waals surface area contributed by atoms with Crippen molar-refractivity contribution in [1.82, 2.24) is 14.5 Å². The monoisotopic (exact) mass is 292 g/mol. The highest BCUT2D eigenvalue weighted by Gasteiger charge is 2.24. The summed E-state index contributed by atoms with van der Waals surface area (Å²) >= 11 is 0. The Bertz CT molecular complexity index is 910. The number of fused-ring (bicyclic) bond motifs is 2. The number of anilines is 1. The van der Waals surface area contributed by atoms with Gasteiger partial charge in [-0.3, -0.25) is 4.79 Å². The Kier molecular flexibility index (Phi) is 2.76. The molecular weight excluding hydrogens is 276 g/mol. The minimum absolute atomic E-state index is 0.254. The van der Waals surface area contributed by atoms with Crippen molar-refractivity contribution in [2.24, 2.45) is 0 Å². The van der Waals surface area contributed by atoms with Crippen LogP contribution in [0.15, 0.2) is 30.7 Å². The van der Waals surface area contributed by atoms with Crippen LogP contribution in [0.2, 0.25) is 0 Å². The normalized spacial score (nSPS) is 14.3. The molecule has 2 heterocycles. The third-order valence-corrected chi connectivity index (χ3v) is 4.32. The van der Waals surface area contributed by atoms with Crippen molar-refractivity contribution in [3.8, 4) is 5.69 Å². The Labute approximate surface area is 127 Å². The van der Waals surface area contributed by atoms with Crippen LogP contribution in [0, 0.1) is 6.92 Å². The maximum atomic E-state index is 12.2. The second-order valence-corrected chi connectivity index (χ2v) is 5.74. The number of ketones is 1. The number of Topliss-reactive ketones (excluding diaryl/α,β-unsaturated/α-hetero) is 1. The molecular formula is C17H16N4O. The molecule has 0 spiro atoms. The summed E-state index contributed by atoms with van der Waals surface area (Å²) in [5.41, 5.74) is 10.7. The topological polar surface area (TPSA) is 73.8 Å². The van der Waals surface area contributed by atoms with Gasteiger partial charge in [0.15, 0.2) is 5.78 Å². The standard InChI is InChI=1S/C17H16N4O/c1-10-8-21(14-3-2-4-15(22)16(10)14)11-5-6-12-13(7-11)19-9-20-17(12)18/h5-9H,2-4H2,1H3,(H2,18,19,20). The van der Waals surface area contributed by atoms with Crippen molar-refractivity contribution < 1.29 is 4.79 Å². The Morgan fingerprint density at radius 2 is 2.09 bits per heavy atom. The van der Waals surface area contributed by atoms with E-state index in [9.17, 15) is 4.79 Å². The Morgan fingerprint density at radius 3 is 2.95 bits per heavy atom. The van der Waals surface area contributed by atoms with Gasteiger partial charge < -0.3 is 10.3 Å². The fourth-order valence-corrected chi connectivity index (χ4v) is 3.30. The number of aromatic nitrogens is 3. The highest BCUT2D eigenvalue weighted by molar-refractivity contribution is 6.00. The van der Waals surface area contributed by atoms with Crippen LogP contribution in [0.4, 0.5) is 5.82 Å². The van der Waals surface area contributed by atoms with Gasteiger partial charge in [-0.05, 0) is 43.5 Å². The number of hydrogen-bond donors (Lipinski definition) is 1.